The Bertz CT molecular complexity index is 332. The molecular weight excluding hydrogens is 228 g/mol. The highest BCUT2D eigenvalue weighted by molar-refractivity contribution is 7.07. The van der Waals surface area contributed by atoms with E-state index in [4.69, 9.17) is 5.73 Å². The van der Waals surface area contributed by atoms with Gasteiger partial charge >= 0.3 is 0 Å². The van der Waals surface area contributed by atoms with E-state index in [1.807, 2.05) is 0 Å². The van der Waals surface area contributed by atoms with Crippen molar-refractivity contribution < 1.29 is 0 Å². The standard InChI is InChI=1S/C14H24N2S/c1-3-7-14(2,11-15)16(13-4-5-13)9-12-6-8-17-10-12/h6,8,10,13H,3-5,7,9,11,15H2,1-2H3. The Kier molecular flexibility index (Phi) is 4.23. The Balaban J connectivity index is 2.10. The third-order valence-corrected chi connectivity index (χ3v) is 4.57. The molecule has 0 radical (unpaired) electrons. The third kappa shape index (κ3) is 3.09. The van der Waals surface area contributed by atoms with E-state index in [-0.39, 0.29) is 5.54 Å². The van der Waals surface area contributed by atoms with Crippen LogP contribution in [0.3, 0.4) is 0 Å². The summed E-state index contributed by atoms with van der Waals surface area (Å²) >= 11 is 1.79. The molecule has 17 heavy (non-hydrogen) atoms. The predicted octanol–water partition coefficient (Wildman–Crippen LogP) is 3.23. The van der Waals surface area contributed by atoms with Gasteiger partial charge in [0, 0.05) is 24.7 Å². The first kappa shape index (κ1) is 13.1. The summed E-state index contributed by atoms with van der Waals surface area (Å²) in [4.78, 5) is 2.65. The van der Waals surface area contributed by atoms with E-state index in [0.29, 0.717) is 0 Å². The molecule has 2 nitrogen and oxygen atoms in total. The van der Waals surface area contributed by atoms with Crippen LogP contribution in [0.5, 0.6) is 0 Å². The van der Waals surface area contributed by atoms with Crippen molar-refractivity contribution >= 4 is 11.3 Å². The second-order valence-electron chi connectivity index (χ2n) is 5.44. The quantitative estimate of drug-likeness (QED) is 0.807. The molecule has 0 saturated heterocycles. The number of nitrogens with zero attached hydrogens (tertiary/aromatic N) is 1. The fourth-order valence-electron chi connectivity index (χ4n) is 2.63. The van der Waals surface area contributed by atoms with Crippen LogP contribution < -0.4 is 5.73 Å². The van der Waals surface area contributed by atoms with Gasteiger partial charge in [0.05, 0.1) is 0 Å². The van der Waals surface area contributed by atoms with Crippen LogP contribution in [0.4, 0.5) is 0 Å². The van der Waals surface area contributed by atoms with Crippen molar-refractivity contribution in [3.8, 4) is 0 Å². The van der Waals surface area contributed by atoms with Gasteiger partial charge in [0.25, 0.3) is 0 Å². The highest BCUT2D eigenvalue weighted by Gasteiger charge is 2.39. The maximum atomic E-state index is 6.05. The van der Waals surface area contributed by atoms with Gasteiger partial charge in [-0.05, 0) is 48.6 Å². The predicted molar refractivity (Wildman–Crippen MR) is 75.3 cm³/mol. The molecule has 1 aliphatic rings. The lowest BCUT2D eigenvalue weighted by Gasteiger charge is -2.41. The van der Waals surface area contributed by atoms with Gasteiger partial charge in [-0.25, -0.2) is 0 Å². The summed E-state index contributed by atoms with van der Waals surface area (Å²) in [7, 11) is 0. The molecule has 96 valence electrons. The van der Waals surface area contributed by atoms with Crippen molar-refractivity contribution in [1.82, 2.24) is 4.90 Å². The summed E-state index contributed by atoms with van der Waals surface area (Å²) < 4.78 is 0. The number of rotatable bonds is 7. The molecule has 0 bridgehead atoms. The highest BCUT2D eigenvalue weighted by Crippen LogP contribution is 2.36. The Morgan fingerprint density at radius 2 is 2.29 bits per heavy atom. The number of nitrogens with two attached hydrogens (primary N) is 1. The van der Waals surface area contributed by atoms with Crippen molar-refractivity contribution in [3.63, 3.8) is 0 Å². The van der Waals surface area contributed by atoms with Gasteiger partial charge in [0.15, 0.2) is 0 Å². The lowest BCUT2D eigenvalue weighted by molar-refractivity contribution is 0.0829. The molecule has 2 N–H and O–H groups in total. The van der Waals surface area contributed by atoms with Gasteiger partial charge in [-0.15, -0.1) is 0 Å². The van der Waals surface area contributed by atoms with Gasteiger partial charge in [-0.1, -0.05) is 13.3 Å². The van der Waals surface area contributed by atoms with Crippen LogP contribution in [-0.4, -0.2) is 23.0 Å². The van der Waals surface area contributed by atoms with E-state index in [9.17, 15) is 0 Å². The molecule has 1 saturated carbocycles. The highest BCUT2D eigenvalue weighted by atomic mass is 32.1. The fraction of sp³-hybridized carbons (Fsp3) is 0.714. The van der Waals surface area contributed by atoms with Gasteiger partial charge in [-0.3, -0.25) is 4.90 Å². The van der Waals surface area contributed by atoms with Crippen LogP contribution in [0, 0.1) is 0 Å². The molecule has 1 unspecified atom stereocenters. The van der Waals surface area contributed by atoms with Crippen LogP contribution in [0.1, 0.15) is 45.1 Å². The molecule has 2 rings (SSSR count). The first-order chi connectivity index (χ1) is 8.19. The fourth-order valence-corrected chi connectivity index (χ4v) is 3.29. The molecule has 1 atom stereocenters. The van der Waals surface area contributed by atoms with E-state index < -0.39 is 0 Å². The number of hydrogen-bond acceptors (Lipinski definition) is 3. The van der Waals surface area contributed by atoms with E-state index in [1.165, 1.54) is 31.2 Å². The molecule has 3 heteroatoms. The van der Waals surface area contributed by atoms with Crippen molar-refractivity contribution in [3.05, 3.63) is 22.4 Å². The van der Waals surface area contributed by atoms with Crippen LogP contribution in [-0.2, 0) is 6.54 Å². The normalized spacial score (nSPS) is 19.5. The maximum Gasteiger partial charge on any atom is 0.0309 e. The largest absolute Gasteiger partial charge is 0.329 e. The van der Waals surface area contributed by atoms with Crippen LogP contribution in [0.25, 0.3) is 0 Å². The molecule has 0 aliphatic heterocycles. The summed E-state index contributed by atoms with van der Waals surface area (Å²) in [6, 6.07) is 3.01. The first-order valence-electron chi connectivity index (χ1n) is 6.67. The average molecular weight is 252 g/mol. The van der Waals surface area contributed by atoms with Crippen LogP contribution in [0.2, 0.25) is 0 Å². The molecule has 1 aromatic rings. The van der Waals surface area contributed by atoms with E-state index in [2.05, 4.69) is 35.6 Å². The Morgan fingerprint density at radius 1 is 1.53 bits per heavy atom. The zero-order chi connectivity index (χ0) is 12.3. The SMILES string of the molecule is CCCC(C)(CN)N(Cc1ccsc1)C1CC1. The zero-order valence-electron chi connectivity index (χ0n) is 11.0. The topological polar surface area (TPSA) is 29.3 Å². The zero-order valence-corrected chi connectivity index (χ0v) is 11.8. The molecule has 1 aromatic heterocycles. The average Bonchev–Trinajstić information content (AvgIpc) is 3.03. The third-order valence-electron chi connectivity index (χ3n) is 3.84. The van der Waals surface area contributed by atoms with Crippen molar-refractivity contribution in [1.29, 1.82) is 0 Å². The van der Waals surface area contributed by atoms with Crippen LogP contribution >= 0.6 is 11.3 Å². The lowest BCUT2D eigenvalue weighted by Crippen LogP contribution is -2.52. The van der Waals surface area contributed by atoms with E-state index >= 15 is 0 Å². The summed E-state index contributed by atoms with van der Waals surface area (Å²) in [5.41, 5.74) is 7.67. The maximum absolute atomic E-state index is 6.05. The smallest absolute Gasteiger partial charge is 0.0309 e. The Hall–Kier alpha value is -0.380. The Labute approximate surface area is 109 Å². The van der Waals surface area contributed by atoms with Crippen LogP contribution in [0.15, 0.2) is 16.8 Å². The summed E-state index contributed by atoms with van der Waals surface area (Å²) in [6.07, 6.45) is 5.11. The van der Waals surface area contributed by atoms with Gasteiger partial charge in [0.1, 0.15) is 0 Å². The van der Waals surface area contributed by atoms with Gasteiger partial charge in [0.2, 0.25) is 0 Å². The Morgan fingerprint density at radius 3 is 2.76 bits per heavy atom. The molecule has 1 heterocycles. The summed E-state index contributed by atoms with van der Waals surface area (Å²) in [5.74, 6) is 0. The van der Waals surface area contributed by atoms with E-state index in [1.54, 1.807) is 11.3 Å². The van der Waals surface area contributed by atoms with Crippen molar-refractivity contribution in [2.75, 3.05) is 6.54 Å². The first-order valence-corrected chi connectivity index (χ1v) is 7.62. The molecule has 1 fully saturated rings. The molecule has 0 amide bonds. The van der Waals surface area contributed by atoms with E-state index in [0.717, 1.165) is 19.1 Å². The van der Waals surface area contributed by atoms with Crippen molar-refractivity contribution in [2.24, 2.45) is 5.73 Å². The molecule has 0 aromatic carbocycles. The lowest BCUT2D eigenvalue weighted by atomic mass is 9.93. The second kappa shape index (κ2) is 5.51. The molecular formula is C14H24N2S. The van der Waals surface area contributed by atoms with Gasteiger partial charge < -0.3 is 5.73 Å². The summed E-state index contributed by atoms with van der Waals surface area (Å²) in [5, 5.41) is 4.43. The van der Waals surface area contributed by atoms with Crippen molar-refractivity contribution in [2.45, 2.75) is 57.7 Å². The number of thiophene rings is 1. The minimum atomic E-state index is 0.178. The molecule has 1 aliphatic carbocycles. The minimum absolute atomic E-state index is 0.178. The molecule has 0 spiro atoms. The second-order valence-corrected chi connectivity index (χ2v) is 6.22. The van der Waals surface area contributed by atoms with Gasteiger partial charge in [-0.2, -0.15) is 11.3 Å². The monoisotopic (exact) mass is 252 g/mol. The summed E-state index contributed by atoms with van der Waals surface area (Å²) in [6.45, 7) is 6.42. The minimum Gasteiger partial charge on any atom is -0.329 e. The number of hydrogen-bond donors (Lipinski definition) is 1.